The highest BCUT2D eigenvalue weighted by molar-refractivity contribution is 5.83. The zero-order chi connectivity index (χ0) is 19.2. The van der Waals surface area contributed by atoms with Gasteiger partial charge in [-0.3, -0.25) is 0 Å². The van der Waals surface area contributed by atoms with E-state index in [2.05, 4.69) is 26.3 Å². The van der Waals surface area contributed by atoms with Gasteiger partial charge in [0, 0.05) is 12.1 Å². The maximum atomic E-state index is 10.8. The molecule has 0 atom stereocenters. The van der Waals surface area contributed by atoms with Gasteiger partial charge in [-0.15, -0.1) is 6.58 Å². The predicted molar refractivity (Wildman–Crippen MR) is 104 cm³/mol. The molecule has 0 fully saturated rings. The van der Waals surface area contributed by atoms with Crippen molar-refractivity contribution in [2.75, 3.05) is 0 Å². The van der Waals surface area contributed by atoms with Crippen LogP contribution in [0.1, 0.15) is 5.56 Å². The van der Waals surface area contributed by atoms with Gasteiger partial charge in [0.25, 0.3) is 0 Å². The van der Waals surface area contributed by atoms with Crippen LogP contribution in [-0.2, 0) is 11.2 Å². The van der Waals surface area contributed by atoms with Crippen LogP contribution < -0.4 is 14.2 Å². The molecule has 0 N–H and O–H groups in total. The Balaban J connectivity index is 0.000000263. The molecule has 0 aromatic heterocycles. The molecule has 0 bridgehead atoms. The molecule has 4 nitrogen and oxygen atoms in total. The van der Waals surface area contributed by atoms with Crippen LogP contribution >= 0.6 is 0 Å². The first-order valence-corrected chi connectivity index (χ1v) is 7.82. The van der Waals surface area contributed by atoms with Gasteiger partial charge >= 0.3 is 5.97 Å². The molecule has 0 aliphatic rings. The molecular weight excluding hydrogens is 328 g/mol. The van der Waals surface area contributed by atoms with Crippen LogP contribution in [0.3, 0.4) is 0 Å². The fourth-order valence-electron chi connectivity index (χ4n) is 1.87. The molecule has 0 radical (unpaired) electrons. The van der Waals surface area contributed by atoms with E-state index in [9.17, 15) is 4.79 Å². The molecule has 26 heavy (non-hydrogen) atoms. The summed E-state index contributed by atoms with van der Waals surface area (Å²) in [5.41, 5.74) is 1.20. The van der Waals surface area contributed by atoms with E-state index >= 15 is 0 Å². The van der Waals surface area contributed by atoms with E-state index in [1.54, 1.807) is 24.3 Å². The van der Waals surface area contributed by atoms with Gasteiger partial charge in [0.05, 0.1) is 12.5 Å². The van der Waals surface area contributed by atoms with Gasteiger partial charge in [0.1, 0.15) is 17.2 Å². The summed E-state index contributed by atoms with van der Waals surface area (Å²) < 4.78 is 15.0. The molecule has 2 rings (SSSR count). The number of allylic oxidation sites excluding steroid dienone is 1. The summed E-state index contributed by atoms with van der Waals surface area (Å²) in [4.78, 5) is 10.8. The van der Waals surface area contributed by atoms with Crippen molar-refractivity contribution >= 4 is 5.97 Å². The summed E-state index contributed by atoms with van der Waals surface area (Å²) >= 11 is 0. The highest BCUT2D eigenvalue weighted by atomic mass is 16.5. The van der Waals surface area contributed by atoms with Crippen LogP contribution in [0.2, 0.25) is 0 Å². The molecule has 0 saturated carbocycles. The third kappa shape index (κ3) is 7.84. The Hall–Kier alpha value is -3.53. The van der Waals surface area contributed by atoms with E-state index in [0.29, 0.717) is 11.5 Å². The highest BCUT2D eigenvalue weighted by Crippen LogP contribution is 2.19. The van der Waals surface area contributed by atoms with Crippen LogP contribution in [0.25, 0.3) is 0 Å². The molecule has 0 amide bonds. The van der Waals surface area contributed by atoms with E-state index in [1.807, 2.05) is 30.3 Å². The van der Waals surface area contributed by atoms with Gasteiger partial charge in [-0.1, -0.05) is 44.0 Å². The van der Waals surface area contributed by atoms with Gasteiger partial charge in [-0.25, -0.2) is 4.79 Å². The van der Waals surface area contributed by atoms with Crippen molar-refractivity contribution in [3.63, 3.8) is 0 Å². The fraction of sp³-hybridized carbons (Fsp3) is 0.0455. The summed E-state index contributed by atoms with van der Waals surface area (Å²) in [5, 5.41) is 0. The van der Waals surface area contributed by atoms with Gasteiger partial charge < -0.3 is 14.2 Å². The van der Waals surface area contributed by atoms with Crippen LogP contribution in [0.4, 0.5) is 0 Å². The number of esters is 1. The Morgan fingerprint density at radius 1 is 0.846 bits per heavy atom. The van der Waals surface area contributed by atoms with Crippen molar-refractivity contribution in [3.05, 3.63) is 105 Å². The topological polar surface area (TPSA) is 44.8 Å². The van der Waals surface area contributed by atoms with E-state index in [1.165, 1.54) is 18.1 Å². The molecular formula is C22H22O4. The van der Waals surface area contributed by atoms with Gasteiger partial charge in [-0.2, -0.15) is 0 Å². The number of benzene rings is 2. The number of rotatable bonds is 8. The molecule has 0 heterocycles. The van der Waals surface area contributed by atoms with Crippen LogP contribution in [0, 0.1) is 0 Å². The van der Waals surface area contributed by atoms with E-state index in [0.717, 1.165) is 18.2 Å². The van der Waals surface area contributed by atoms with Crippen molar-refractivity contribution < 1.29 is 19.0 Å². The second-order valence-electron chi connectivity index (χ2n) is 4.81. The molecule has 2 aromatic carbocycles. The van der Waals surface area contributed by atoms with Crippen LogP contribution in [0.5, 0.6) is 17.2 Å². The molecule has 4 heteroatoms. The van der Waals surface area contributed by atoms with Gasteiger partial charge in [0.15, 0.2) is 0 Å². The lowest BCUT2D eigenvalue weighted by Gasteiger charge is -2.03. The minimum absolute atomic E-state index is 0.411. The SMILES string of the molecule is C=CCc1cccc(OC=C)c1.C=COc1cccc(OC(=O)C=C)c1. The van der Waals surface area contributed by atoms with Crippen molar-refractivity contribution in [2.45, 2.75) is 6.42 Å². The largest absolute Gasteiger partial charge is 0.466 e. The molecule has 0 spiro atoms. The Bertz CT molecular complexity index is 737. The average molecular weight is 350 g/mol. The number of ether oxygens (including phenoxy) is 3. The Morgan fingerprint density at radius 2 is 1.42 bits per heavy atom. The first-order chi connectivity index (χ1) is 12.6. The monoisotopic (exact) mass is 350 g/mol. The lowest BCUT2D eigenvalue weighted by molar-refractivity contribution is -0.128. The maximum absolute atomic E-state index is 10.8. The van der Waals surface area contributed by atoms with Crippen LogP contribution in [-0.4, -0.2) is 5.97 Å². The standard InChI is InChI=1S/C11H10O3.C11H12O/c1-3-11(12)14-10-7-5-6-9(8-10)13-4-2;1-3-6-10-7-5-8-11(9-10)12-4-2/h3-8H,1-2H2;3-5,7-9H,1-2,6H2. The molecule has 0 saturated heterocycles. The smallest absolute Gasteiger partial charge is 0.335 e. The van der Waals surface area contributed by atoms with Crippen molar-refractivity contribution in [3.8, 4) is 17.2 Å². The third-order valence-electron chi connectivity index (χ3n) is 2.91. The number of carbonyl (C=O) groups is 1. The lowest BCUT2D eigenvalue weighted by Crippen LogP contribution is -2.02. The summed E-state index contributed by atoms with van der Waals surface area (Å²) in [6, 6.07) is 14.5. The summed E-state index contributed by atoms with van der Waals surface area (Å²) in [7, 11) is 0. The zero-order valence-electron chi connectivity index (χ0n) is 14.6. The maximum Gasteiger partial charge on any atom is 0.335 e. The van der Waals surface area contributed by atoms with Crippen molar-refractivity contribution in [1.82, 2.24) is 0 Å². The summed E-state index contributed by atoms with van der Waals surface area (Å²) in [5.74, 6) is 1.30. The third-order valence-corrected chi connectivity index (χ3v) is 2.91. The zero-order valence-corrected chi connectivity index (χ0v) is 14.6. The Morgan fingerprint density at radius 3 is 2.00 bits per heavy atom. The first-order valence-electron chi connectivity index (χ1n) is 7.82. The normalized spacial score (nSPS) is 8.92. The summed E-state index contributed by atoms with van der Waals surface area (Å²) in [6.45, 7) is 13.9. The predicted octanol–water partition coefficient (Wildman–Crippen LogP) is 5.24. The van der Waals surface area contributed by atoms with Crippen molar-refractivity contribution in [1.29, 1.82) is 0 Å². The summed E-state index contributed by atoms with van der Waals surface area (Å²) in [6.07, 6.45) is 6.56. The Labute approximate surface area is 154 Å². The molecule has 0 aliphatic heterocycles. The first kappa shape index (κ1) is 20.5. The minimum atomic E-state index is -0.499. The Kier molecular flexibility index (Phi) is 9.41. The molecule has 0 unspecified atom stereocenters. The molecule has 134 valence electrons. The second-order valence-corrected chi connectivity index (χ2v) is 4.81. The van der Waals surface area contributed by atoms with Crippen LogP contribution in [0.15, 0.2) is 99.5 Å². The number of hydrogen-bond acceptors (Lipinski definition) is 4. The number of hydrogen-bond donors (Lipinski definition) is 0. The highest BCUT2D eigenvalue weighted by Gasteiger charge is 2.00. The van der Waals surface area contributed by atoms with Gasteiger partial charge in [-0.05, 0) is 36.2 Å². The molecule has 2 aromatic rings. The second kappa shape index (κ2) is 11.9. The average Bonchev–Trinajstić information content (AvgIpc) is 2.64. The van der Waals surface area contributed by atoms with E-state index in [4.69, 9.17) is 14.2 Å². The molecule has 0 aliphatic carbocycles. The minimum Gasteiger partial charge on any atom is -0.466 e. The van der Waals surface area contributed by atoms with E-state index in [-0.39, 0.29) is 0 Å². The van der Waals surface area contributed by atoms with E-state index < -0.39 is 5.97 Å². The quantitative estimate of drug-likeness (QED) is 0.215. The fourth-order valence-corrected chi connectivity index (χ4v) is 1.87. The lowest BCUT2D eigenvalue weighted by atomic mass is 10.1. The van der Waals surface area contributed by atoms with Crippen molar-refractivity contribution in [2.24, 2.45) is 0 Å². The van der Waals surface area contributed by atoms with Gasteiger partial charge in [0.2, 0.25) is 0 Å². The number of carbonyl (C=O) groups excluding carboxylic acids is 1.